The van der Waals surface area contributed by atoms with Crippen LogP contribution >= 0.6 is 0 Å². The zero-order valence-corrected chi connectivity index (χ0v) is 36.6. The van der Waals surface area contributed by atoms with E-state index in [0.717, 1.165) is 44.9 Å². The smallest absolute Gasteiger partial charge is 0.220 e. The Morgan fingerprint density at radius 3 is 1.54 bits per heavy atom. The zero-order chi connectivity index (χ0) is 41.6. The van der Waals surface area contributed by atoms with Crippen LogP contribution < -0.4 is 5.32 Å². The molecule has 0 aromatic heterocycles. The van der Waals surface area contributed by atoms with Crippen molar-refractivity contribution >= 4 is 5.91 Å². The molecule has 57 heavy (non-hydrogen) atoms. The van der Waals surface area contributed by atoms with Crippen molar-refractivity contribution in [1.29, 1.82) is 0 Å². The van der Waals surface area contributed by atoms with Gasteiger partial charge in [-0.05, 0) is 51.4 Å². The molecule has 9 nitrogen and oxygen atoms in total. The Kier molecular flexibility index (Phi) is 36.2. The lowest BCUT2D eigenvalue weighted by Crippen LogP contribution is -2.60. The third-order valence-electron chi connectivity index (χ3n) is 11.2. The lowest BCUT2D eigenvalue weighted by molar-refractivity contribution is -0.302. The van der Waals surface area contributed by atoms with E-state index in [9.17, 15) is 30.3 Å². The summed E-state index contributed by atoms with van der Waals surface area (Å²) in [6.07, 6.45) is 40.4. The van der Waals surface area contributed by atoms with Crippen LogP contribution in [0.3, 0.4) is 0 Å². The fourth-order valence-electron chi connectivity index (χ4n) is 7.36. The molecule has 1 amide bonds. The Labute approximate surface area is 349 Å². The van der Waals surface area contributed by atoms with Gasteiger partial charge in [0.2, 0.25) is 5.91 Å². The third-order valence-corrected chi connectivity index (χ3v) is 11.2. The first-order chi connectivity index (χ1) is 27.8. The van der Waals surface area contributed by atoms with Gasteiger partial charge in [0.1, 0.15) is 24.4 Å². The van der Waals surface area contributed by atoms with E-state index in [0.29, 0.717) is 6.42 Å². The molecule has 1 aliphatic heterocycles. The monoisotopic (exact) mass is 808 g/mol. The standard InChI is InChI=1S/C48H89NO8/c1-3-5-7-9-11-13-15-17-18-19-20-21-22-23-24-26-28-30-32-34-36-38-44(52)49-41(40-56-48-47(55)46(54)45(53)43(39-50)57-48)42(51)37-35-33-31-29-27-25-16-14-12-10-8-6-4-2/h11,13,17-18,35,37,41-43,45-48,50-51,53-55H,3-10,12,14-16,19-34,36,38-40H2,1-2H3,(H,49,52)/b13-11-,18-17-,37-35+/t41-,42+,43?,45?,46?,47?,48?/m0/s1. The predicted molar refractivity (Wildman–Crippen MR) is 235 cm³/mol. The van der Waals surface area contributed by atoms with Crippen LogP contribution in [0.2, 0.25) is 0 Å². The summed E-state index contributed by atoms with van der Waals surface area (Å²) in [6, 6.07) is -0.803. The fourth-order valence-corrected chi connectivity index (χ4v) is 7.36. The lowest BCUT2D eigenvalue weighted by atomic mass is 9.99. The molecule has 1 fully saturated rings. The summed E-state index contributed by atoms with van der Waals surface area (Å²) in [4.78, 5) is 13.0. The highest BCUT2D eigenvalue weighted by atomic mass is 16.7. The number of nitrogens with one attached hydrogen (secondary N) is 1. The second kappa shape index (κ2) is 38.6. The van der Waals surface area contributed by atoms with Gasteiger partial charge in [-0.25, -0.2) is 0 Å². The van der Waals surface area contributed by atoms with Crippen LogP contribution in [0.15, 0.2) is 36.5 Å². The van der Waals surface area contributed by atoms with Gasteiger partial charge in [-0.1, -0.05) is 185 Å². The van der Waals surface area contributed by atoms with Crippen LogP contribution in [0.25, 0.3) is 0 Å². The molecule has 0 aromatic rings. The summed E-state index contributed by atoms with van der Waals surface area (Å²) < 4.78 is 11.2. The number of amides is 1. The topological polar surface area (TPSA) is 149 Å². The molecule has 6 N–H and O–H groups in total. The van der Waals surface area contributed by atoms with Crippen molar-refractivity contribution in [2.75, 3.05) is 13.2 Å². The minimum atomic E-state index is -1.56. The molecule has 1 rings (SSSR count). The molecule has 0 spiro atoms. The number of allylic oxidation sites excluding steroid dienone is 5. The maximum atomic E-state index is 13.0. The van der Waals surface area contributed by atoms with Gasteiger partial charge < -0.3 is 40.3 Å². The van der Waals surface area contributed by atoms with Gasteiger partial charge in [0.05, 0.1) is 25.4 Å². The molecule has 9 heteroatoms. The second-order valence-electron chi connectivity index (χ2n) is 16.5. The third kappa shape index (κ3) is 29.3. The maximum absolute atomic E-state index is 13.0. The number of carbonyl (C=O) groups is 1. The average Bonchev–Trinajstić information content (AvgIpc) is 3.21. The number of ether oxygens (including phenoxy) is 2. The minimum absolute atomic E-state index is 0.180. The number of rotatable bonds is 39. The molecular formula is C48H89NO8. The van der Waals surface area contributed by atoms with Crippen molar-refractivity contribution in [3.05, 3.63) is 36.5 Å². The van der Waals surface area contributed by atoms with E-state index in [1.165, 1.54) is 141 Å². The highest BCUT2D eigenvalue weighted by molar-refractivity contribution is 5.76. The highest BCUT2D eigenvalue weighted by Gasteiger charge is 2.44. The highest BCUT2D eigenvalue weighted by Crippen LogP contribution is 2.22. The fraction of sp³-hybridized carbons (Fsp3) is 0.854. The van der Waals surface area contributed by atoms with E-state index in [1.54, 1.807) is 6.08 Å². The Balaban J connectivity index is 2.31. The molecule has 0 bridgehead atoms. The maximum Gasteiger partial charge on any atom is 0.220 e. The van der Waals surface area contributed by atoms with Crippen LogP contribution in [0.4, 0.5) is 0 Å². The molecule has 0 aliphatic carbocycles. The van der Waals surface area contributed by atoms with Crippen LogP contribution in [0.1, 0.15) is 206 Å². The summed E-state index contributed by atoms with van der Waals surface area (Å²) in [6.45, 7) is 3.74. The Morgan fingerprint density at radius 2 is 1.04 bits per heavy atom. The summed E-state index contributed by atoms with van der Waals surface area (Å²) in [7, 11) is 0. The minimum Gasteiger partial charge on any atom is -0.394 e. The number of aliphatic hydroxyl groups excluding tert-OH is 5. The van der Waals surface area contributed by atoms with Crippen LogP contribution in [0.5, 0.6) is 0 Å². The van der Waals surface area contributed by atoms with Crippen molar-refractivity contribution in [2.45, 2.75) is 249 Å². The molecular weight excluding hydrogens is 719 g/mol. The van der Waals surface area contributed by atoms with Gasteiger partial charge in [0.15, 0.2) is 6.29 Å². The molecule has 1 aliphatic rings. The van der Waals surface area contributed by atoms with E-state index in [1.807, 2.05) is 6.08 Å². The van der Waals surface area contributed by atoms with Crippen molar-refractivity contribution in [3.63, 3.8) is 0 Å². The summed E-state index contributed by atoms with van der Waals surface area (Å²) in [5, 5.41) is 54.2. The molecule has 0 aromatic carbocycles. The Morgan fingerprint density at radius 1 is 0.596 bits per heavy atom. The quantitative estimate of drug-likeness (QED) is 0.0266. The first-order valence-electron chi connectivity index (χ1n) is 23.7. The van der Waals surface area contributed by atoms with Gasteiger partial charge in [-0.15, -0.1) is 0 Å². The largest absolute Gasteiger partial charge is 0.394 e. The number of aliphatic hydroxyl groups is 5. The molecule has 0 radical (unpaired) electrons. The number of hydrogen-bond donors (Lipinski definition) is 6. The molecule has 334 valence electrons. The van der Waals surface area contributed by atoms with Crippen molar-refractivity contribution < 1.29 is 39.8 Å². The molecule has 1 heterocycles. The first-order valence-corrected chi connectivity index (χ1v) is 23.7. The zero-order valence-electron chi connectivity index (χ0n) is 36.6. The van der Waals surface area contributed by atoms with Crippen molar-refractivity contribution in [2.24, 2.45) is 0 Å². The molecule has 0 saturated carbocycles. The number of hydrogen-bond acceptors (Lipinski definition) is 8. The van der Waals surface area contributed by atoms with Crippen LogP contribution in [0, 0.1) is 0 Å². The van der Waals surface area contributed by atoms with Gasteiger partial charge in [0, 0.05) is 6.42 Å². The van der Waals surface area contributed by atoms with Crippen LogP contribution in [-0.4, -0.2) is 87.5 Å². The normalized spacial score (nSPS) is 21.3. The summed E-state index contributed by atoms with van der Waals surface area (Å²) in [5.41, 5.74) is 0. The van der Waals surface area contributed by atoms with E-state index >= 15 is 0 Å². The van der Waals surface area contributed by atoms with Gasteiger partial charge in [-0.3, -0.25) is 4.79 Å². The SMILES string of the molecule is CCCCC/C=C\C/C=C\CCCCCCCCCCCCCC(=O)N[C@@H](COC1OC(CO)C(O)C(O)C1O)[C@H](O)/C=C/CCCCCCCCCCCCC. The van der Waals surface area contributed by atoms with E-state index in [-0.39, 0.29) is 12.5 Å². The molecule has 7 atom stereocenters. The Hall–Kier alpha value is -1.59. The predicted octanol–water partition coefficient (Wildman–Crippen LogP) is 10.1. The van der Waals surface area contributed by atoms with E-state index in [2.05, 4.69) is 43.5 Å². The Bertz CT molecular complexity index is 987. The summed E-state index contributed by atoms with van der Waals surface area (Å²) in [5.74, 6) is -0.180. The number of carbonyl (C=O) groups excluding carboxylic acids is 1. The molecule has 1 saturated heterocycles. The summed E-state index contributed by atoms with van der Waals surface area (Å²) >= 11 is 0. The van der Waals surface area contributed by atoms with Crippen LogP contribution in [-0.2, 0) is 14.3 Å². The van der Waals surface area contributed by atoms with Gasteiger partial charge in [0.25, 0.3) is 0 Å². The molecule has 5 unspecified atom stereocenters. The first kappa shape index (κ1) is 53.4. The average molecular weight is 808 g/mol. The van der Waals surface area contributed by atoms with Crippen molar-refractivity contribution in [3.8, 4) is 0 Å². The second-order valence-corrected chi connectivity index (χ2v) is 16.5. The number of unbranched alkanes of at least 4 members (excludes halogenated alkanes) is 25. The van der Waals surface area contributed by atoms with E-state index < -0.39 is 49.5 Å². The lowest BCUT2D eigenvalue weighted by Gasteiger charge is -2.40. The van der Waals surface area contributed by atoms with Gasteiger partial charge in [-0.2, -0.15) is 0 Å². The van der Waals surface area contributed by atoms with Gasteiger partial charge >= 0.3 is 0 Å². The van der Waals surface area contributed by atoms with Crippen molar-refractivity contribution in [1.82, 2.24) is 5.32 Å². The van der Waals surface area contributed by atoms with E-state index in [4.69, 9.17) is 9.47 Å².